The first kappa shape index (κ1) is 19.7. The van der Waals surface area contributed by atoms with E-state index < -0.39 is 0 Å². The lowest BCUT2D eigenvalue weighted by molar-refractivity contribution is 0.373. The molecule has 154 valence electrons. The zero-order chi connectivity index (χ0) is 21.1. The van der Waals surface area contributed by atoms with Crippen LogP contribution in [-0.4, -0.2) is 32.0 Å². The summed E-state index contributed by atoms with van der Waals surface area (Å²) < 4.78 is 7.24. The fraction of sp³-hybridized carbons (Fsp3) is 0.261. The van der Waals surface area contributed by atoms with Crippen LogP contribution in [0.3, 0.4) is 0 Å². The number of nitrogens with two attached hydrogens (primary N) is 1. The Morgan fingerprint density at radius 1 is 1.23 bits per heavy atom. The molecule has 0 bridgehead atoms. The number of allylic oxidation sites excluding steroid dienone is 5. The van der Waals surface area contributed by atoms with Crippen molar-refractivity contribution in [3.63, 3.8) is 0 Å². The van der Waals surface area contributed by atoms with E-state index in [0.717, 1.165) is 36.8 Å². The summed E-state index contributed by atoms with van der Waals surface area (Å²) in [7, 11) is 1.52. The van der Waals surface area contributed by atoms with E-state index in [1.807, 2.05) is 16.8 Å². The van der Waals surface area contributed by atoms with Crippen LogP contribution >= 0.6 is 0 Å². The topological polar surface area (TPSA) is 99.1 Å². The van der Waals surface area contributed by atoms with Crippen LogP contribution in [-0.2, 0) is 0 Å². The van der Waals surface area contributed by atoms with Gasteiger partial charge in [-0.1, -0.05) is 36.5 Å². The second-order valence-electron chi connectivity index (χ2n) is 7.35. The Labute approximate surface area is 175 Å². The summed E-state index contributed by atoms with van der Waals surface area (Å²) in [4.78, 5) is 8.70. The van der Waals surface area contributed by atoms with Crippen LogP contribution in [0.2, 0.25) is 0 Å². The van der Waals surface area contributed by atoms with E-state index in [1.165, 1.54) is 13.4 Å². The Hall–Kier alpha value is -3.61. The van der Waals surface area contributed by atoms with Gasteiger partial charge < -0.3 is 15.6 Å². The molecular formula is C23H25N5O2. The van der Waals surface area contributed by atoms with Crippen LogP contribution in [0.4, 0.5) is 5.82 Å². The smallest absolute Gasteiger partial charge is 0.164 e. The first-order valence-electron chi connectivity index (χ1n) is 9.95. The van der Waals surface area contributed by atoms with E-state index in [-0.39, 0.29) is 11.8 Å². The lowest BCUT2D eigenvalue weighted by Gasteiger charge is -2.18. The molecule has 1 unspecified atom stereocenters. The van der Waals surface area contributed by atoms with Crippen molar-refractivity contribution in [2.75, 3.05) is 12.8 Å². The van der Waals surface area contributed by atoms with Gasteiger partial charge in [0.15, 0.2) is 17.1 Å². The maximum absolute atomic E-state index is 9.97. The Morgan fingerprint density at radius 3 is 2.93 bits per heavy atom. The quantitative estimate of drug-likeness (QED) is 0.664. The number of benzene rings is 1. The standard InChI is InChI=1S/C23H25N5O2/c1-15-7-5-3-4-6-8-17(11-9-15)28-23-20(22(24)25-14-26-23)21(27-28)16-10-12-18(29)19(13-16)30-2/h3-5,7,10,12-14,17,29H,1,6,8-9,11H2,2H3,(H2,24,25,26)/b4-3-,7-5-. The number of fused-ring (bicyclic) bond motifs is 1. The monoisotopic (exact) mass is 403 g/mol. The van der Waals surface area contributed by atoms with Gasteiger partial charge in [0.05, 0.1) is 18.5 Å². The van der Waals surface area contributed by atoms with Crippen molar-refractivity contribution in [3.05, 3.63) is 61.0 Å². The molecule has 7 nitrogen and oxygen atoms in total. The summed E-state index contributed by atoms with van der Waals surface area (Å²) in [6.07, 6.45) is 13.4. The molecule has 0 fully saturated rings. The first-order valence-corrected chi connectivity index (χ1v) is 9.95. The molecule has 1 aliphatic carbocycles. The molecule has 30 heavy (non-hydrogen) atoms. The van der Waals surface area contributed by atoms with Gasteiger partial charge in [0.25, 0.3) is 0 Å². The minimum absolute atomic E-state index is 0.0693. The predicted octanol–water partition coefficient (Wildman–Crippen LogP) is 4.57. The summed E-state index contributed by atoms with van der Waals surface area (Å²) in [5, 5.41) is 15.6. The second-order valence-corrected chi connectivity index (χ2v) is 7.35. The fourth-order valence-electron chi connectivity index (χ4n) is 3.76. The van der Waals surface area contributed by atoms with Crippen molar-refractivity contribution < 1.29 is 9.84 Å². The number of aromatic nitrogens is 4. The summed E-state index contributed by atoms with van der Waals surface area (Å²) in [5.74, 6) is 0.817. The highest BCUT2D eigenvalue weighted by atomic mass is 16.5. The lowest BCUT2D eigenvalue weighted by atomic mass is 10.0. The maximum atomic E-state index is 9.97. The molecule has 1 atom stereocenters. The number of nitrogen functional groups attached to an aromatic ring is 1. The van der Waals surface area contributed by atoms with E-state index in [4.69, 9.17) is 15.6 Å². The van der Waals surface area contributed by atoms with Gasteiger partial charge in [0.2, 0.25) is 0 Å². The predicted molar refractivity (Wildman–Crippen MR) is 118 cm³/mol. The number of anilines is 1. The molecule has 7 heteroatoms. The van der Waals surface area contributed by atoms with Crippen molar-refractivity contribution in [1.29, 1.82) is 0 Å². The number of hydrogen-bond donors (Lipinski definition) is 2. The molecule has 4 rings (SSSR count). The molecule has 3 aromatic rings. The average molecular weight is 403 g/mol. The SMILES string of the molecule is C=C1/C=C\C=C/CCC(n2nc(-c3ccc(O)c(OC)c3)c3c(N)ncnc32)CC1. The molecule has 0 saturated heterocycles. The van der Waals surface area contributed by atoms with Crippen LogP contribution in [0.1, 0.15) is 31.7 Å². The normalized spacial score (nSPS) is 19.5. The fourth-order valence-corrected chi connectivity index (χ4v) is 3.76. The molecular weight excluding hydrogens is 378 g/mol. The molecule has 0 spiro atoms. The third kappa shape index (κ3) is 3.78. The van der Waals surface area contributed by atoms with E-state index >= 15 is 0 Å². The zero-order valence-corrected chi connectivity index (χ0v) is 17.0. The third-order valence-corrected chi connectivity index (χ3v) is 5.36. The Bertz CT molecular complexity index is 1150. The van der Waals surface area contributed by atoms with Gasteiger partial charge in [-0.3, -0.25) is 0 Å². The number of methoxy groups -OCH3 is 1. The van der Waals surface area contributed by atoms with Crippen LogP contribution in [0.15, 0.2) is 61.0 Å². The van der Waals surface area contributed by atoms with Crippen LogP contribution in [0.5, 0.6) is 11.5 Å². The number of nitrogens with zero attached hydrogens (tertiary/aromatic N) is 4. The van der Waals surface area contributed by atoms with E-state index in [9.17, 15) is 5.11 Å². The molecule has 0 radical (unpaired) electrons. The van der Waals surface area contributed by atoms with Gasteiger partial charge in [-0.15, -0.1) is 0 Å². The summed E-state index contributed by atoms with van der Waals surface area (Å²) >= 11 is 0. The number of ether oxygens (including phenoxy) is 1. The summed E-state index contributed by atoms with van der Waals surface area (Å²) in [6.45, 7) is 4.14. The number of rotatable bonds is 3. The molecule has 2 heterocycles. The highest BCUT2D eigenvalue weighted by Gasteiger charge is 2.22. The molecule has 0 aliphatic heterocycles. The average Bonchev–Trinajstić information content (AvgIpc) is 3.14. The molecule has 0 amide bonds. The molecule has 0 saturated carbocycles. The van der Waals surface area contributed by atoms with Crippen molar-refractivity contribution in [3.8, 4) is 22.8 Å². The largest absolute Gasteiger partial charge is 0.504 e. The van der Waals surface area contributed by atoms with Crippen molar-refractivity contribution in [2.45, 2.75) is 31.7 Å². The molecule has 2 aromatic heterocycles. The zero-order valence-electron chi connectivity index (χ0n) is 17.0. The minimum atomic E-state index is 0.0693. The van der Waals surface area contributed by atoms with E-state index in [0.29, 0.717) is 28.3 Å². The Morgan fingerprint density at radius 2 is 2.10 bits per heavy atom. The summed E-state index contributed by atoms with van der Waals surface area (Å²) in [6, 6.07) is 5.27. The number of phenolic OH excluding ortho intramolecular Hbond substituents is 1. The number of hydrogen-bond acceptors (Lipinski definition) is 6. The van der Waals surface area contributed by atoms with Gasteiger partial charge >= 0.3 is 0 Å². The number of aromatic hydroxyl groups is 1. The first-order chi connectivity index (χ1) is 14.6. The highest BCUT2D eigenvalue weighted by Crippen LogP contribution is 2.37. The van der Waals surface area contributed by atoms with Gasteiger partial charge in [-0.05, 0) is 43.9 Å². The van der Waals surface area contributed by atoms with Crippen molar-refractivity contribution >= 4 is 16.9 Å². The molecule has 1 aliphatic rings. The van der Waals surface area contributed by atoms with Crippen LogP contribution < -0.4 is 10.5 Å². The second kappa shape index (κ2) is 8.41. The van der Waals surface area contributed by atoms with Gasteiger partial charge in [-0.25, -0.2) is 14.6 Å². The third-order valence-electron chi connectivity index (χ3n) is 5.36. The minimum Gasteiger partial charge on any atom is -0.504 e. The van der Waals surface area contributed by atoms with Gasteiger partial charge in [0.1, 0.15) is 17.8 Å². The Kier molecular flexibility index (Phi) is 5.52. The van der Waals surface area contributed by atoms with Crippen molar-refractivity contribution in [1.82, 2.24) is 19.7 Å². The Balaban J connectivity index is 1.83. The summed E-state index contributed by atoms with van der Waals surface area (Å²) in [5.41, 5.74) is 9.48. The van der Waals surface area contributed by atoms with Crippen molar-refractivity contribution in [2.24, 2.45) is 0 Å². The highest BCUT2D eigenvalue weighted by molar-refractivity contribution is 5.98. The van der Waals surface area contributed by atoms with E-state index in [2.05, 4.69) is 28.7 Å². The molecule has 3 N–H and O–H groups in total. The lowest BCUT2D eigenvalue weighted by Crippen LogP contribution is -2.12. The van der Waals surface area contributed by atoms with E-state index in [1.54, 1.807) is 18.2 Å². The number of phenols is 1. The van der Waals surface area contributed by atoms with Crippen LogP contribution in [0, 0.1) is 0 Å². The maximum Gasteiger partial charge on any atom is 0.164 e. The van der Waals surface area contributed by atoms with Gasteiger partial charge in [-0.2, -0.15) is 5.10 Å². The van der Waals surface area contributed by atoms with Gasteiger partial charge in [0, 0.05) is 5.56 Å². The molecule has 1 aromatic carbocycles. The van der Waals surface area contributed by atoms with Crippen LogP contribution in [0.25, 0.3) is 22.3 Å².